The number of ether oxygens (including phenoxy) is 2. The zero-order valence-electron chi connectivity index (χ0n) is 19.7. The molecule has 0 saturated heterocycles. The number of carbonyl (C=O) groups is 1. The van der Waals surface area contributed by atoms with Crippen molar-refractivity contribution in [1.29, 1.82) is 0 Å². The number of allylic oxidation sites excluding steroid dienone is 1. The molecular formula is C27H24N2O6. The Bertz CT molecular complexity index is 1470. The minimum absolute atomic E-state index is 0.0937. The molecule has 0 aliphatic rings. The third-order valence-corrected chi connectivity index (χ3v) is 5.74. The van der Waals surface area contributed by atoms with Crippen LogP contribution in [-0.2, 0) is 4.79 Å². The number of aryl methyl sites for hydroxylation is 1. The van der Waals surface area contributed by atoms with E-state index in [1.807, 2.05) is 30.3 Å². The van der Waals surface area contributed by atoms with E-state index in [1.54, 1.807) is 46.5 Å². The molecule has 0 bridgehead atoms. The van der Waals surface area contributed by atoms with Gasteiger partial charge in [-0.15, -0.1) is 0 Å². The average Bonchev–Trinajstić information content (AvgIpc) is 3.27. The zero-order valence-corrected chi connectivity index (χ0v) is 19.7. The first-order valence-electron chi connectivity index (χ1n) is 10.8. The number of methoxy groups -OCH3 is 2. The maximum atomic E-state index is 12.8. The Labute approximate surface area is 201 Å². The van der Waals surface area contributed by atoms with Gasteiger partial charge in [0.1, 0.15) is 17.1 Å². The molecule has 0 aliphatic carbocycles. The van der Waals surface area contributed by atoms with Gasteiger partial charge in [0, 0.05) is 40.8 Å². The molecule has 0 saturated carbocycles. The average molecular weight is 472 g/mol. The van der Waals surface area contributed by atoms with Gasteiger partial charge in [-0.25, -0.2) is 0 Å². The Morgan fingerprint density at radius 3 is 2.60 bits per heavy atom. The van der Waals surface area contributed by atoms with E-state index in [0.29, 0.717) is 22.6 Å². The molecule has 8 nitrogen and oxygen atoms in total. The van der Waals surface area contributed by atoms with Gasteiger partial charge in [-0.1, -0.05) is 18.2 Å². The molecule has 0 aliphatic heterocycles. The number of non-ortho nitro benzene ring substituents is 1. The summed E-state index contributed by atoms with van der Waals surface area (Å²) in [6, 6.07) is 15.7. The molecule has 0 unspecified atom stereocenters. The van der Waals surface area contributed by atoms with Crippen LogP contribution in [0.25, 0.3) is 27.7 Å². The molecule has 8 heteroatoms. The molecule has 3 aromatic carbocycles. The summed E-state index contributed by atoms with van der Waals surface area (Å²) in [5.74, 6) is 0.875. The van der Waals surface area contributed by atoms with Gasteiger partial charge in [-0.2, -0.15) is 0 Å². The summed E-state index contributed by atoms with van der Waals surface area (Å²) in [6.07, 6.45) is 3.12. The SMILES string of the molecule is COc1cccc(-c2coc3cc(OC)c(/C(C)=C/C(=O)Nc4cc([N+](=O)[O-])ccc4C)cc23)c1. The predicted octanol–water partition coefficient (Wildman–Crippen LogP) is 6.38. The van der Waals surface area contributed by atoms with Crippen LogP contribution >= 0.6 is 0 Å². The highest BCUT2D eigenvalue weighted by molar-refractivity contribution is 6.05. The Morgan fingerprint density at radius 1 is 1.09 bits per heavy atom. The van der Waals surface area contributed by atoms with Crippen molar-refractivity contribution in [2.75, 3.05) is 19.5 Å². The summed E-state index contributed by atoms with van der Waals surface area (Å²) in [7, 11) is 3.17. The summed E-state index contributed by atoms with van der Waals surface area (Å²) >= 11 is 0. The molecule has 4 aromatic rings. The number of nitrogens with zero attached hydrogens (tertiary/aromatic N) is 1. The van der Waals surface area contributed by atoms with Gasteiger partial charge in [0.25, 0.3) is 5.69 Å². The molecule has 4 rings (SSSR count). The van der Waals surface area contributed by atoms with Crippen molar-refractivity contribution in [3.8, 4) is 22.6 Å². The zero-order chi connectivity index (χ0) is 25.1. The fraction of sp³-hybridized carbons (Fsp3) is 0.148. The van der Waals surface area contributed by atoms with Crippen LogP contribution in [0.2, 0.25) is 0 Å². The summed E-state index contributed by atoms with van der Waals surface area (Å²) < 4.78 is 16.7. The van der Waals surface area contributed by atoms with E-state index >= 15 is 0 Å². The van der Waals surface area contributed by atoms with Crippen molar-refractivity contribution in [3.05, 3.63) is 88.2 Å². The van der Waals surface area contributed by atoms with Gasteiger partial charge in [0.05, 0.1) is 31.1 Å². The number of nitro groups is 1. The first-order valence-corrected chi connectivity index (χ1v) is 10.8. The first kappa shape index (κ1) is 23.6. The van der Waals surface area contributed by atoms with Gasteiger partial charge < -0.3 is 19.2 Å². The number of nitrogens with one attached hydrogen (secondary N) is 1. The minimum Gasteiger partial charge on any atom is -0.497 e. The van der Waals surface area contributed by atoms with Crippen LogP contribution in [0.5, 0.6) is 11.5 Å². The van der Waals surface area contributed by atoms with Crippen LogP contribution in [0.1, 0.15) is 18.1 Å². The van der Waals surface area contributed by atoms with E-state index in [4.69, 9.17) is 13.9 Å². The summed E-state index contributed by atoms with van der Waals surface area (Å²) in [4.78, 5) is 23.4. The van der Waals surface area contributed by atoms with E-state index in [0.717, 1.165) is 33.4 Å². The molecule has 1 aromatic heterocycles. The van der Waals surface area contributed by atoms with Crippen LogP contribution in [-0.4, -0.2) is 25.1 Å². The fourth-order valence-electron chi connectivity index (χ4n) is 3.85. The minimum atomic E-state index is -0.499. The lowest BCUT2D eigenvalue weighted by Crippen LogP contribution is -2.10. The van der Waals surface area contributed by atoms with Crippen molar-refractivity contribution in [1.82, 2.24) is 0 Å². The molecule has 0 spiro atoms. The van der Waals surface area contributed by atoms with Gasteiger partial charge >= 0.3 is 0 Å². The standard InChI is InChI=1S/C27H24N2O6/c1-16-8-9-19(29(31)32)12-24(16)28-27(30)10-17(2)21-13-22-23(15-35-26(22)14-25(21)34-4)18-6-5-7-20(11-18)33-3/h5-15H,1-4H3,(H,28,30)/b17-10+. The Balaban J connectivity index is 1.70. The molecular weight excluding hydrogens is 448 g/mol. The maximum Gasteiger partial charge on any atom is 0.271 e. The van der Waals surface area contributed by atoms with Gasteiger partial charge in [-0.3, -0.25) is 14.9 Å². The highest BCUT2D eigenvalue weighted by Crippen LogP contribution is 2.38. The third-order valence-electron chi connectivity index (χ3n) is 5.74. The molecule has 178 valence electrons. The smallest absolute Gasteiger partial charge is 0.271 e. The number of fused-ring (bicyclic) bond motifs is 1. The first-order chi connectivity index (χ1) is 16.8. The van der Waals surface area contributed by atoms with E-state index in [9.17, 15) is 14.9 Å². The highest BCUT2D eigenvalue weighted by Gasteiger charge is 2.16. The Morgan fingerprint density at radius 2 is 1.89 bits per heavy atom. The van der Waals surface area contributed by atoms with E-state index in [2.05, 4.69) is 5.32 Å². The lowest BCUT2D eigenvalue weighted by Gasteiger charge is -2.11. The van der Waals surface area contributed by atoms with Crippen LogP contribution in [0, 0.1) is 17.0 Å². The summed E-state index contributed by atoms with van der Waals surface area (Å²) in [6.45, 7) is 3.57. The highest BCUT2D eigenvalue weighted by atomic mass is 16.6. The van der Waals surface area contributed by atoms with Crippen molar-refractivity contribution < 1.29 is 23.6 Å². The van der Waals surface area contributed by atoms with Crippen LogP contribution in [0.3, 0.4) is 0 Å². The van der Waals surface area contributed by atoms with Gasteiger partial charge in [-0.05, 0) is 48.7 Å². The number of rotatable bonds is 7. The van der Waals surface area contributed by atoms with Crippen LogP contribution in [0.4, 0.5) is 11.4 Å². The predicted molar refractivity (Wildman–Crippen MR) is 135 cm³/mol. The molecule has 1 N–H and O–H groups in total. The van der Waals surface area contributed by atoms with Crippen LogP contribution in [0.15, 0.2) is 71.4 Å². The summed E-state index contributed by atoms with van der Waals surface area (Å²) in [5, 5.41) is 14.7. The van der Waals surface area contributed by atoms with Crippen molar-refractivity contribution >= 4 is 33.8 Å². The van der Waals surface area contributed by atoms with Crippen LogP contribution < -0.4 is 14.8 Å². The van der Waals surface area contributed by atoms with E-state index in [-0.39, 0.29) is 5.69 Å². The van der Waals surface area contributed by atoms with Gasteiger partial charge in [0.15, 0.2) is 0 Å². The lowest BCUT2D eigenvalue weighted by molar-refractivity contribution is -0.384. The lowest BCUT2D eigenvalue weighted by atomic mass is 9.99. The molecule has 1 amide bonds. The van der Waals surface area contributed by atoms with Crippen molar-refractivity contribution in [3.63, 3.8) is 0 Å². The van der Waals surface area contributed by atoms with Gasteiger partial charge in [0.2, 0.25) is 5.91 Å². The monoisotopic (exact) mass is 472 g/mol. The number of benzene rings is 3. The van der Waals surface area contributed by atoms with Crippen molar-refractivity contribution in [2.45, 2.75) is 13.8 Å². The molecule has 35 heavy (non-hydrogen) atoms. The topological polar surface area (TPSA) is 104 Å². The second kappa shape index (κ2) is 9.72. The molecule has 1 heterocycles. The van der Waals surface area contributed by atoms with E-state index < -0.39 is 10.8 Å². The number of anilines is 1. The Kier molecular flexibility index (Phi) is 6.55. The van der Waals surface area contributed by atoms with E-state index in [1.165, 1.54) is 18.2 Å². The number of amides is 1. The number of furan rings is 1. The normalized spacial score (nSPS) is 11.4. The molecule has 0 atom stereocenters. The third kappa shape index (κ3) is 4.86. The number of nitro benzene ring substituents is 1. The maximum absolute atomic E-state index is 12.8. The molecule has 0 fully saturated rings. The second-order valence-electron chi connectivity index (χ2n) is 8.00. The number of carbonyl (C=O) groups excluding carboxylic acids is 1. The second-order valence-corrected chi connectivity index (χ2v) is 8.00. The quantitative estimate of drug-likeness (QED) is 0.190. The fourth-order valence-corrected chi connectivity index (χ4v) is 3.85. The molecule has 0 radical (unpaired) electrons. The Hall–Kier alpha value is -4.59. The summed E-state index contributed by atoms with van der Waals surface area (Å²) in [5.41, 5.74) is 4.84. The number of hydrogen-bond acceptors (Lipinski definition) is 6. The number of hydrogen-bond donors (Lipinski definition) is 1. The largest absolute Gasteiger partial charge is 0.497 e. The van der Waals surface area contributed by atoms with Crippen molar-refractivity contribution in [2.24, 2.45) is 0 Å².